The third-order valence-electron chi connectivity index (χ3n) is 1.17. The molecule has 0 aromatic rings. The molecule has 0 heterocycles. The molecule has 0 saturated heterocycles. The molecule has 0 spiro atoms. The largest absolute Gasteiger partial charge is 0.394 e. The van der Waals surface area contributed by atoms with E-state index >= 15 is 0 Å². The molecule has 0 aromatic carbocycles. The van der Waals surface area contributed by atoms with Gasteiger partial charge >= 0.3 is 0 Å². The predicted molar refractivity (Wildman–Crippen MR) is 57.3 cm³/mol. The molecule has 74 valence electrons. The highest BCUT2D eigenvalue weighted by Crippen LogP contribution is 2.11. The first kappa shape index (κ1) is 12.8. The van der Waals surface area contributed by atoms with Gasteiger partial charge in [0.2, 0.25) is 0 Å². The fraction of sp³-hybridized carbons (Fsp3) is 1.00. The van der Waals surface area contributed by atoms with Crippen molar-refractivity contribution in [3.8, 4) is 0 Å². The van der Waals surface area contributed by atoms with Gasteiger partial charge in [-0.2, -0.15) is 12.6 Å². The first-order chi connectivity index (χ1) is 5.57. The zero-order chi connectivity index (χ0) is 9.56. The van der Waals surface area contributed by atoms with E-state index in [1.165, 1.54) is 11.8 Å². The van der Waals surface area contributed by atoms with Crippen LogP contribution in [0.2, 0.25) is 0 Å². The van der Waals surface area contributed by atoms with Gasteiger partial charge in [-0.25, -0.2) is 0 Å². The van der Waals surface area contributed by atoms with Gasteiger partial charge in [0.05, 0.1) is 17.8 Å². The van der Waals surface area contributed by atoms with Crippen LogP contribution >= 0.6 is 24.4 Å². The Kier molecular flexibility index (Phi) is 7.66. The number of hydrogen-bond acceptors (Lipinski definition) is 5. The highest BCUT2D eigenvalue weighted by molar-refractivity contribution is 8.10. The standard InChI is InChI=1S/C6H14O3S3/c1-12(9)4-11-3-6(10)5(8)2-7/h5-8,10H,2-4H2,1H3/t5-,6-,12?/m1/s1. The maximum absolute atomic E-state index is 10.6. The minimum Gasteiger partial charge on any atom is -0.394 e. The normalized spacial score (nSPS) is 18.7. The molecule has 0 aliphatic rings. The molecule has 0 radical (unpaired) electrons. The fourth-order valence-electron chi connectivity index (χ4n) is 0.519. The van der Waals surface area contributed by atoms with Crippen molar-refractivity contribution in [3.63, 3.8) is 0 Å². The topological polar surface area (TPSA) is 57.5 Å². The Bertz CT molecular complexity index is 142. The number of rotatable bonds is 6. The first-order valence-corrected chi connectivity index (χ1v) is 6.82. The lowest BCUT2D eigenvalue weighted by atomic mass is 10.3. The Labute approximate surface area is 84.8 Å². The Hall–Kier alpha value is 0.770. The summed E-state index contributed by atoms with van der Waals surface area (Å²) in [4.78, 5) is 0. The molecule has 12 heavy (non-hydrogen) atoms. The summed E-state index contributed by atoms with van der Waals surface area (Å²) in [6.45, 7) is -0.274. The van der Waals surface area contributed by atoms with Gasteiger partial charge in [0.15, 0.2) is 0 Å². The van der Waals surface area contributed by atoms with Crippen molar-refractivity contribution in [2.24, 2.45) is 0 Å². The van der Waals surface area contributed by atoms with Crippen LogP contribution in [0.15, 0.2) is 0 Å². The van der Waals surface area contributed by atoms with Gasteiger partial charge in [0, 0.05) is 28.1 Å². The van der Waals surface area contributed by atoms with Gasteiger partial charge in [-0.15, -0.1) is 11.8 Å². The molecule has 0 aliphatic heterocycles. The van der Waals surface area contributed by atoms with Crippen LogP contribution in [0.5, 0.6) is 0 Å². The van der Waals surface area contributed by atoms with E-state index in [2.05, 4.69) is 12.6 Å². The molecule has 0 aromatic heterocycles. The van der Waals surface area contributed by atoms with Crippen LogP contribution in [0.1, 0.15) is 0 Å². The van der Waals surface area contributed by atoms with Crippen LogP contribution in [0.4, 0.5) is 0 Å². The molecule has 0 aliphatic carbocycles. The monoisotopic (exact) mass is 230 g/mol. The molecule has 6 heteroatoms. The number of aliphatic hydroxyl groups is 2. The van der Waals surface area contributed by atoms with Crippen LogP contribution in [0.3, 0.4) is 0 Å². The molecule has 2 N–H and O–H groups in total. The Morgan fingerprint density at radius 3 is 2.67 bits per heavy atom. The quantitative estimate of drug-likeness (QED) is 0.549. The average Bonchev–Trinajstić information content (AvgIpc) is 2.02. The summed E-state index contributed by atoms with van der Waals surface area (Å²) in [6.07, 6.45) is 0.842. The summed E-state index contributed by atoms with van der Waals surface area (Å²) in [7, 11) is -0.812. The molecule has 0 rings (SSSR count). The Morgan fingerprint density at radius 2 is 2.25 bits per heavy atom. The highest BCUT2D eigenvalue weighted by atomic mass is 32.2. The molecule has 3 nitrogen and oxygen atoms in total. The second-order valence-electron chi connectivity index (χ2n) is 2.38. The van der Waals surface area contributed by atoms with Crippen molar-refractivity contribution in [3.05, 3.63) is 0 Å². The summed E-state index contributed by atoms with van der Waals surface area (Å²) < 4.78 is 10.6. The van der Waals surface area contributed by atoms with E-state index in [4.69, 9.17) is 10.2 Å². The third-order valence-corrected chi connectivity index (χ3v) is 4.53. The van der Waals surface area contributed by atoms with Gasteiger partial charge in [0.25, 0.3) is 0 Å². The van der Waals surface area contributed by atoms with Crippen molar-refractivity contribution in [1.29, 1.82) is 0 Å². The maximum atomic E-state index is 10.6. The molecular formula is C6H14O3S3. The number of thioether (sulfide) groups is 1. The Morgan fingerprint density at radius 1 is 1.67 bits per heavy atom. The lowest BCUT2D eigenvalue weighted by Gasteiger charge is -2.14. The summed E-state index contributed by atoms with van der Waals surface area (Å²) in [6, 6.07) is 0. The zero-order valence-corrected chi connectivity index (χ0v) is 9.37. The van der Waals surface area contributed by atoms with Crippen molar-refractivity contribution in [1.82, 2.24) is 0 Å². The fourth-order valence-corrected chi connectivity index (χ4v) is 2.72. The van der Waals surface area contributed by atoms with Gasteiger partial charge in [-0.05, 0) is 0 Å². The first-order valence-electron chi connectivity index (χ1n) is 3.42. The molecule has 0 bridgehead atoms. The predicted octanol–water partition coefficient (Wildman–Crippen LogP) is -0.293. The molecule has 1 unspecified atom stereocenters. The molecule has 0 amide bonds. The zero-order valence-electron chi connectivity index (χ0n) is 6.84. The van der Waals surface area contributed by atoms with E-state index in [1.807, 2.05) is 0 Å². The SMILES string of the molecule is CS(=O)CSC[C@@H](S)[C@H](O)CO. The van der Waals surface area contributed by atoms with E-state index in [0.717, 1.165) is 0 Å². The van der Waals surface area contributed by atoms with E-state index in [9.17, 15) is 4.21 Å². The minimum atomic E-state index is -0.812. The van der Waals surface area contributed by atoms with Gasteiger partial charge in [0.1, 0.15) is 0 Å². The van der Waals surface area contributed by atoms with Crippen LogP contribution < -0.4 is 0 Å². The molecule has 3 atom stereocenters. The summed E-state index contributed by atoms with van der Waals surface area (Å²) in [5.41, 5.74) is 0. The number of thiol groups is 1. The average molecular weight is 230 g/mol. The van der Waals surface area contributed by atoms with E-state index in [-0.39, 0.29) is 11.9 Å². The molecule has 0 fully saturated rings. The minimum absolute atomic E-state index is 0.247. The Balaban J connectivity index is 3.43. The summed E-state index contributed by atoms with van der Waals surface area (Å²) in [5.74, 6) is 0.602. The van der Waals surface area contributed by atoms with Crippen molar-refractivity contribution < 1.29 is 14.4 Å². The van der Waals surface area contributed by atoms with E-state index in [1.54, 1.807) is 6.26 Å². The number of hydrogen-bond donors (Lipinski definition) is 3. The van der Waals surface area contributed by atoms with E-state index < -0.39 is 16.9 Å². The molecular weight excluding hydrogens is 216 g/mol. The second kappa shape index (κ2) is 7.20. The number of aliphatic hydroxyl groups excluding tert-OH is 2. The smallest absolute Gasteiger partial charge is 0.0894 e. The van der Waals surface area contributed by atoms with Gasteiger partial charge in [-0.1, -0.05) is 0 Å². The van der Waals surface area contributed by atoms with Gasteiger partial charge < -0.3 is 10.2 Å². The highest BCUT2D eigenvalue weighted by Gasteiger charge is 2.13. The summed E-state index contributed by atoms with van der Waals surface area (Å²) in [5, 5.41) is 17.9. The third kappa shape index (κ3) is 6.30. The van der Waals surface area contributed by atoms with Crippen LogP contribution in [-0.4, -0.2) is 49.5 Å². The lowest BCUT2D eigenvalue weighted by molar-refractivity contribution is 0.0978. The van der Waals surface area contributed by atoms with Crippen LogP contribution in [0, 0.1) is 0 Å². The van der Waals surface area contributed by atoms with Gasteiger partial charge in [-0.3, -0.25) is 4.21 Å². The maximum Gasteiger partial charge on any atom is 0.0894 e. The lowest BCUT2D eigenvalue weighted by Crippen LogP contribution is -2.26. The summed E-state index contributed by atoms with van der Waals surface area (Å²) >= 11 is 5.54. The van der Waals surface area contributed by atoms with Crippen molar-refractivity contribution in [2.45, 2.75) is 11.4 Å². The van der Waals surface area contributed by atoms with Crippen molar-refractivity contribution in [2.75, 3.05) is 23.7 Å². The van der Waals surface area contributed by atoms with Crippen LogP contribution in [-0.2, 0) is 10.8 Å². The van der Waals surface area contributed by atoms with Crippen LogP contribution in [0.25, 0.3) is 0 Å². The molecule has 0 saturated carbocycles. The van der Waals surface area contributed by atoms with E-state index in [0.29, 0.717) is 10.8 Å². The van der Waals surface area contributed by atoms with Crippen molar-refractivity contribution >= 4 is 35.2 Å². The second-order valence-corrected chi connectivity index (χ2v) is 5.87.